The lowest BCUT2D eigenvalue weighted by molar-refractivity contribution is 0.304. The summed E-state index contributed by atoms with van der Waals surface area (Å²) < 4.78 is 6.05. The number of nitrogens with one attached hydrogen (secondary N) is 1. The first-order valence-electron chi connectivity index (χ1n) is 7.86. The van der Waals surface area contributed by atoms with E-state index in [4.69, 9.17) is 4.74 Å². The van der Waals surface area contributed by atoms with Gasteiger partial charge in [-0.2, -0.15) is 5.10 Å². The Morgan fingerprint density at radius 3 is 2.35 bits per heavy atom. The van der Waals surface area contributed by atoms with E-state index in [1.807, 2.05) is 25.1 Å². The van der Waals surface area contributed by atoms with Gasteiger partial charge in [-0.3, -0.25) is 5.10 Å². The molecule has 3 rings (SSSR count). The number of aromatic amines is 1. The van der Waals surface area contributed by atoms with Gasteiger partial charge in [0.05, 0.1) is 5.69 Å². The molecule has 0 saturated carbocycles. The predicted octanol–water partition coefficient (Wildman–Crippen LogP) is 4.89. The van der Waals surface area contributed by atoms with Gasteiger partial charge in [0, 0.05) is 11.3 Å². The van der Waals surface area contributed by atoms with Crippen LogP contribution in [0.1, 0.15) is 27.9 Å². The fraction of sp³-hybridized carbons (Fsp3) is 0.250. The van der Waals surface area contributed by atoms with Gasteiger partial charge in [0.25, 0.3) is 0 Å². The minimum absolute atomic E-state index is 0.572. The van der Waals surface area contributed by atoms with Gasteiger partial charge in [0.1, 0.15) is 12.4 Å². The number of aryl methyl sites for hydroxylation is 3. The van der Waals surface area contributed by atoms with E-state index in [-0.39, 0.29) is 0 Å². The molecule has 0 radical (unpaired) electrons. The predicted molar refractivity (Wildman–Crippen MR) is 93.7 cm³/mol. The standard InChI is InChI=1S/C20H22N2O/c1-13-10-14(2)19(23-12-17-8-6-5-7-9-17)11-18(13)20-15(3)16(4)21-22-20/h5-11H,12H2,1-4H3,(H,21,22). The van der Waals surface area contributed by atoms with Gasteiger partial charge in [0.15, 0.2) is 0 Å². The number of ether oxygens (including phenoxy) is 1. The fourth-order valence-corrected chi connectivity index (χ4v) is 2.73. The summed E-state index contributed by atoms with van der Waals surface area (Å²) in [6.07, 6.45) is 0. The molecule has 0 saturated heterocycles. The third kappa shape index (κ3) is 3.14. The Bertz CT molecular complexity index is 819. The molecule has 0 bridgehead atoms. The van der Waals surface area contributed by atoms with Crippen LogP contribution in [0.5, 0.6) is 5.75 Å². The van der Waals surface area contributed by atoms with Crippen LogP contribution >= 0.6 is 0 Å². The minimum Gasteiger partial charge on any atom is -0.489 e. The molecule has 1 N–H and O–H groups in total. The molecule has 0 aliphatic carbocycles. The molecular weight excluding hydrogens is 284 g/mol. The summed E-state index contributed by atoms with van der Waals surface area (Å²) in [5.41, 5.74) is 7.94. The summed E-state index contributed by atoms with van der Waals surface area (Å²) >= 11 is 0. The van der Waals surface area contributed by atoms with Gasteiger partial charge in [-0.05, 0) is 56.0 Å². The van der Waals surface area contributed by atoms with Crippen LogP contribution in [0.3, 0.4) is 0 Å². The van der Waals surface area contributed by atoms with Gasteiger partial charge in [-0.15, -0.1) is 0 Å². The summed E-state index contributed by atoms with van der Waals surface area (Å²) in [7, 11) is 0. The van der Waals surface area contributed by atoms with E-state index in [1.165, 1.54) is 16.7 Å². The van der Waals surface area contributed by atoms with Crippen molar-refractivity contribution in [3.05, 3.63) is 70.4 Å². The largest absolute Gasteiger partial charge is 0.489 e. The van der Waals surface area contributed by atoms with Crippen molar-refractivity contribution in [1.82, 2.24) is 10.2 Å². The molecule has 3 heteroatoms. The Labute approximate surface area is 137 Å². The Morgan fingerprint density at radius 2 is 1.70 bits per heavy atom. The lowest BCUT2D eigenvalue weighted by Crippen LogP contribution is -1.98. The first kappa shape index (κ1) is 15.3. The maximum absolute atomic E-state index is 6.05. The van der Waals surface area contributed by atoms with E-state index < -0.39 is 0 Å². The molecule has 1 heterocycles. The van der Waals surface area contributed by atoms with Crippen LogP contribution in [0.25, 0.3) is 11.3 Å². The molecule has 0 fully saturated rings. The van der Waals surface area contributed by atoms with Crippen molar-refractivity contribution in [1.29, 1.82) is 0 Å². The zero-order valence-electron chi connectivity index (χ0n) is 14.1. The van der Waals surface area contributed by atoms with Gasteiger partial charge < -0.3 is 4.74 Å². The maximum atomic E-state index is 6.05. The lowest BCUT2D eigenvalue weighted by Gasteiger charge is -2.13. The summed E-state index contributed by atoms with van der Waals surface area (Å²) in [4.78, 5) is 0. The van der Waals surface area contributed by atoms with Crippen molar-refractivity contribution in [2.45, 2.75) is 34.3 Å². The second-order valence-corrected chi connectivity index (χ2v) is 6.03. The maximum Gasteiger partial charge on any atom is 0.123 e. The lowest BCUT2D eigenvalue weighted by atomic mass is 9.99. The molecule has 1 aromatic heterocycles. The number of aromatic nitrogens is 2. The highest BCUT2D eigenvalue weighted by Gasteiger charge is 2.13. The molecule has 118 valence electrons. The van der Waals surface area contributed by atoms with Crippen molar-refractivity contribution < 1.29 is 4.74 Å². The van der Waals surface area contributed by atoms with Crippen LogP contribution < -0.4 is 4.74 Å². The normalized spacial score (nSPS) is 10.8. The van der Waals surface area contributed by atoms with Crippen LogP contribution in [-0.2, 0) is 6.61 Å². The van der Waals surface area contributed by atoms with Crippen molar-refractivity contribution in [3.8, 4) is 17.0 Å². The first-order valence-corrected chi connectivity index (χ1v) is 7.86. The van der Waals surface area contributed by atoms with Crippen molar-refractivity contribution in [3.63, 3.8) is 0 Å². The highest BCUT2D eigenvalue weighted by molar-refractivity contribution is 5.69. The molecule has 0 spiro atoms. The second kappa shape index (κ2) is 6.29. The number of nitrogens with zero attached hydrogens (tertiary/aromatic N) is 1. The van der Waals surface area contributed by atoms with Crippen molar-refractivity contribution >= 4 is 0 Å². The highest BCUT2D eigenvalue weighted by atomic mass is 16.5. The van der Waals surface area contributed by atoms with E-state index in [0.717, 1.165) is 28.3 Å². The fourth-order valence-electron chi connectivity index (χ4n) is 2.73. The number of H-pyrrole nitrogens is 1. The molecule has 3 aromatic rings. The Hall–Kier alpha value is -2.55. The smallest absolute Gasteiger partial charge is 0.123 e. The van der Waals surface area contributed by atoms with Crippen molar-refractivity contribution in [2.75, 3.05) is 0 Å². The average molecular weight is 306 g/mol. The zero-order chi connectivity index (χ0) is 16.4. The molecule has 2 aromatic carbocycles. The number of benzene rings is 2. The Balaban J connectivity index is 1.92. The zero-order valence-corrected chi connectivity index (χ0v) is 14.1. The SMILES string of the molecule is Cc1cc(C)c(-c2n[nH]c(C)c2C)cc1OCc1ccccc1. The summed E-state index contributed by atoms with van der Waals surface area (Å²) in [5, 5.41) is 7.52. The number of hydrogen-bond donors (Lipinski definition) is 1. The van der Waals surface area contributed by atoms with E-state index in [1.54, 1.807) is 0 Å². The van der Waals surface area contributed by atoms with Gasteiger partial charge >= 0.3 is 0 Å². The third-order valence-corrected chi connectivity index (χ3v) is 4.27. The molecule has 3 nitrogen and oxygen atoms in total. The molecule has 0 aliphatic rings. The third-order valence-electron chi connectivity index (χ3n) is 4.27. The number of hydrogen-bond acceptors (Lipinski definition) is 2. The topological polar surface area (TPSA) is 37.9 Å². The van der Waals surface area contributed by atoms with Crippen LogP contribution in [0.2, 0.25) is 0 Å². The van der Waals surface area contributed by atoms with Gasteiger partial charge in [0.2, 0.25) is 0 Å². The van der Waals surface area contributed by atoms with Crippen LogP contribution in [-0.4, -0.2) is 10.2 Å². The van der Waals surface area contributed by atoms with Gasteiger partial charge in [-0.25, -0.2) is 0 Å². The Morgan fingerprint density at radius 1 is 0.957 bits per heavy atom. The van der Waals surface area contributed by atoms with Crippen molar-refractivity contribution in [2.24, 2.45) is 0 Å². The second-order valence-electron chi connectivity index (χ2n) is 6.03. The summed E-state index contributed by atoms with van der Waals surface area (Å²) in [5.74, 6) is 0.912. The quantitative estimate of drug-likeness (QED) is 0.745. The van der Waals surface area contributed by atoms with E-state index in [0.29, 0.717) is 6.61 Å². The van der Waals surface area contributed by atoms with Crippen LogP contribution in [0, 0.1) is 27.7 Å². The minimum atomic E-state index is 0.572. The highest BCUT2D eigenvalue weighted by Crippen LogP contribution is 2.32. The summed E-state index contributed by atoms with van der Waals surface area (Å²) in [6.45, 7) is 8.91. The summed E-state index contributed by atoms with van der Waals surface area (Å²) in [6, 6.07) is 14.5. The molecule has 23 heavy (non-hydrogen) atoms. The molecule has 0 amide bonds. The molecule has 0 aliphatic heterocycles. The average Bonchev–Trinajstić information content (AvgIpc) is 2.87. The molecule has 0 unspecified atom stereocenters. The first-order chi connectivity index (χ1) is 11.1. The van der Waals surface area contributed by atoms with E-state index in [9.17, 15) is 0 Å². The van der Waals surface area contributed by atoms with Gasteiger partial charge in [-0.1, -0.05) is 36.4 Å². The van der Waals surface area contributed by atoms with Crippen LogP contribution in [0.4, 0.5) is 0 Å². The molecular formula is C20H22N2O. The van der Waals surface area contributed by atoms with E-state index in [2.05, 4.69) is 55.2 Å². The monoisotopic (exact) mass is 306 g/mol. The van der Waals surface area contributed by atoms with E-state index >= 15 is 0 Å². The number of rotatable bonds is 4. The molecule has 0 atom stereocenters. The van der Waals surface area contributed by atoms with Crippen LogP contribution in [0.15, 0.2) is 42.5 Å². The Kier molecular flexibility index (Phi) is 4.20.